The van der Waals surface area contributed by atoms with Crippen LogP contribution < -0.4 is 0 Å². The average molecular weight is 229 g/mol. The minimum absolute atomic E-state index is 0.120. The number of hydrogen-bond donors (Lipinski definition) is 0. The monoisotopic (exact) mass is 229 g/mol. The lowest BCUT2D eigenvalue weighted by Crippen LogP contribution is -2.20. The van der Waals surface area contributed by atoms with Crippen LogP contribution in [0.2, 0.25) is 0 Å². The Morgan fingerprint density at radius 3 is 2.18 bits per heavy atom. The third-order valence-electron chi connectivity index (χ3n) is 3.35. The first-order valence-electron chi connectivity index (χ1n) is 6.40. The lowest BCUT2D eigenvalue weighted by Gasteiger charge is -2.27. The number of nitrogens with zero attached hydrogens (tertiary/aromatic N) is 1. The van der Waals surface area contributed by atoms with E-state index in [0.717, 1.165) is 6.42 Å². The van der Waals surface area contributed by atoms with Crippen LogP contribution in [0.25, 0.3) is 6.08 Å². The number of hydrogen-bond acceptors (Lipinski definition) is 1. The first-order chi connectivity index (χ1) is 7.71. The highest BCUT2D eigenvalue weighted by Crippen LogP contribution is 2.36. The van der Waals surface area contributed by atoms with E-state index in [0.29, 0.717) is 0 Å². The number of rotatable bonds is 0. The average Bonchev–Trinajstić information content (AvgIpc) is 2.60. The predicted octanol–water partition coefficient (Wildman–Crippen LogP) is 4.25. The van der Waals surface area contributed by atoms with Gasteiger partial charge in [0, 0.05) is 17.2 Å². The van der Waals surface area contributed by atoms with Crippen LogP contribution >= 0.6 is 0 Å². The summed E-state index contributed by atoms with van der Waals surface area (Å²) in [6, 6.07) is 0. The van der Waals surface area contributed by atoms with Crippen molar-refractivity contribution in [2.45, 2.75) is 58.8 Å². The van der Waals surface area contributed by atoms with Crippen molar-refractivity contribution in [3.05, 3.63) is 34.7 Å². The molecule has 17 heavy (non-hydrogen) atoms. The second kappa shape index (κ2) is 3.69. The van der Waals surface area contributed by atoms with E-state index in [9.17, 15) is 0 Å². The summed E-state index contributed by atoms with van der Waals surface area (Å²) in [4.78, 5) is 4.74. The van der Waals surface area contributed by atoms with Gasteiger partial charge in [0.15, 0.2) is 0 Å². The molecule has 92 valence electrons. The Balaban J connectivity index is 2.65. The molecule has 0 fully saturated rings. The molecule has 0 saturated heterocycles. The first kappa shape index (κ1) is 12.3. The van der Waals surface area contributed by atoms with Crippen LogP contribution in [0.3, 0.4) is 0 Å². The molecule has 0 amide bonds. The highest BCUT2D eigenvalue weighted by molar-refractivity contribution is 5.65. The summed E-state index contributed by atoms with van der Waals surface area (Å²) in [6.45, 7) is 13.5. The summed E-state index contributed by atoms with van der Waals surface area (Å²) < 4.78 is 0. The van der Waals surface area contributed by atoms with Crippen molar-refractivity contribution in [1.29, 1.82) is 0 Å². The lowest BCUT2D eigenvalue weighted by atomic mass is 9.80. The predicted molar refractivity (Wildman–Crippen MR) is 74.4 cm³/mol. The van der Waals surface area contributed by atoms with Crippen molar-refractivity contribution in [3.63, 3.8) is 0 Å². The van der Waals surface area contributed by atoms with E-state index in [1.54, 1.807) is 0 Å². The van der Waals surface area contributed by atoms with Crippen LogP contribution in [-0.2, 0) is 17.3 Å². The van der Waals surface area contributed by atoms with Crippen molar-refractivity contribution < 1.29 is 0 Å². The molecule has 1 aliphatic carbocycles. The van der Waals surface area contributed by atoms with Crippen LogP contribution in [0.1, 0.15) is 63.9 Å². The summed E-state index contributed by atoms with van der Waals surface area (Å²) in [7, 11) is 0. The molecule has 0 N–H and O–H groups in total. The third kappa shape index (κ3) is 2.15. The van der Waals surface area contributed by atoms with Crippen molar-refractivity contribution in [2.75, 3.05) is 0 Å². The molecule has 0 aliphatic heterocycles. The largest absolute Gasteiger partial charge is 0.260 e. The summed E-state index contributed by atoms with van der Waals surface area (Å²) in [5.41, 5.74) is 5.77. The lowest BCUT2D eigenvalue weighted by molar-refractivity contribution is 0.552. The van der Waals surface area contributed by atoms with Crippen LogP contribution in [0.4, 0.5) is 0 Å². The zero-order chi connectivity index (χ0) is 12.8. The molecule has 1 heteroatoms. The topological polar surface area (TPSA) is 12.9 Å². The molecular formula is C16H23N. The van der Waals surface area contributed by atoms with Gasteiger partial charge in [-0.25, -0.2) is 0 Å². The van der Waals surface area contributed by atoms with Gasteiger partial charge >= 0.3 is 0 Å². The Morgan fingerprint density at radius 2 is 1.65 bits per heavy atom. The van der Waals surface area contributed by atoms with Gasteiger partial charge < -0.3 is 0 Å². The fourth-order valence-corrected chi connectivity index (χ4v) is 2.50. The Kier molecular flexibility index (Phi) is 2.68. The van der Waals surface area contributed by atoms with Gasteiger partial charge in [0.25, 0.3) is 0 Å². The fourth-order valence-electron chi connectivity index (χ4n) is 2.50. The quantitative estimate of drug-likeness (QED) is 0.648. The zero-order valence-corrected chi connectivity index (χ0v) is 11.9. The van der Waals surface area contributed by atoms with Crippen molar-refractivity contribution in [1.82, 2.24) is 4.98 Å². The van der Waals surface area contributed by atoms with Crippen molar-refractivity contribution in [3.8, 4) is 0 Å². The maximum atomic E-state index is 4.74. The maximum Gasteiger partial charge on any atom is 0.0532 e. The van der Waals surface area contributed by atoms with Crippen LogP contribution in [0.5, 0.6) is 0 Å². The standard InChI is InChI=1S/C16H23N/c1-15(2,3)13-10-17-14(16(4,5)6)12-9-7-8-11(12)13/h7,9-10H,8H2,1-6H3. The summed E-state index contributed by atoms with van der Waals surface area (Å²) in [5, 5.41) is 0. The highest BCUT2D eigenvalue weighted by Gasteiger charge is 2.27. The molecule has 1 heterocycles. The second-order valence-electron chi connectivity index (χ2n) is 7.02. The molecule has 0 unspecified atom stereocenters. The third-order valence-corrected chi connectivity index (χ3v) is 3.35. The smallest absolute Gasteiger partial charge is 0.0532 e. The van der Waals surface area contributed by atoms with Gasteiger partial charge in [0.1, 0.15) is 0 Å². The minimum Gasteiger partial charge on any atom is -0.260 e. The number of pyridine rings is 1. The zero-order valence-electron chi connectivity index (χ0n) is 11.9. The normalized spacial score (nSPS) is 15.2. The Hall–Kier alpha value is -1.11. The van der Waals surface area contributed by atoms with Gasteiger partial charge in [-0.2, -0.15) is 0 Å². The van der Waals surface area contributed by atoms with Gasteiger partial charge in [-0.3, -0.25) is 4.98 Å². The van der Waals surface area contributed by atoms with E-state index in [2.05, 4.69) is 59.9 Å². The van der Waals surface area contributed by atoms with Crippen LogP contribution in [0.15, 0.2) is 12.3 Å². The Bertz CT molecular complexity index is 468. The highest BCUT2D eigenvalue weighted by atomic mass is 14.7. The summed E-state index contributed by atoms with van der Waals surface area (Å²) in [6.07, 6.45) is 7.66. The molecule has 1 aliphatic rings. The first-order valence-corrected chi connectivity index (χ1v) is 6.40. The second-order valence-corrected chi connectivity index (χ2v) is 7.02. The fraction of sp³-hybridized carbons (Fsp3) is 0.562. The van der Waals surface area contributed by atoms with Gasteiger partial charge in [-0.05, 0) is 23.0 Å². The maximum absolute atomic E-state index is 4.74. The molecule has 1 aromatic heterocycles. The summed E-state index contributed by atoms with van der Waals surface area (Å²) in [5.74, 6) is 0. The van der Waals surface area contributed by atoms with E-state index >= 15 is 0 Å². The molecule has 2 rings (SSSR count). The van der Waals surface area contributed by atoms with Crippen LogP contribution in [-0.4, -0.2) is 4.98 Å². The van der Waals surface area contributed by atoms with E-state index in [1.807, 2.05) is 0 Å². The number of aromatic nitrogens is 1. The van der Waals surface area contributed by atoms with Gasteiger partial charge in [-0.1, -0.05) is 53.7 Å². The van der Waals surface area contributed by atoms with Crippen molar-refractivity contribution in [2.24, 2.45) is 0 Å². The number of fused-ring (bicyclic) bond motifs is 1. The van der Waals surface area contributed by atoms with Crippen LogP contribution in [0, 0.1) is 0 Å². The van der Waals surface area contributed by atoms with E-state index < -0.39 is 0 Å². The number of allylic oxidation sites excluding steroid dienone is 1. The van der Waals surface area contributed by atoms with Crippen molar-refractivity contribution >= 4 is 6.08 Å². The van der Waals surface area contributed by atoms with E-state index in [-0.39, 0.29) is 10.8 Å². The van der Waals surface area contributed by atoms with E-state index in [1.165, 1.54) is 22.4 Å². The van der Waals surface area contributed by atoms with Gasteiger partial charge in [0.2, 0.25) is 0 Å². The molecule has 0 saturated carbocycles. The Morgan fingerprint density at radius 1 is 1.00 bits per heavy atom. The Labute approximate surface area is 105 Å². The molecule has 1 nitrogen and oxygen atoms in total. The SMILES string of the molecule is CC(C)(C)c1cnc(C(C)(C)C)c2c1CC=C2. The van der Waals surface area contributed by atoms with Gasteiger partial charge in [0.05, 0.1) is 5.69 Å². The molecule has 0 radical (unpaired) electrons. The molecule has 0 spiro atoms. The molecule has 0 aromatic carbocycles. The molecule has 0 atom stereocenters. The minimum atomic E-state index is 0.120. The molecule has 1 aromatic rings. The van der Waals surface area contributed by atoms with Gasteiger partial charge in [-0.15, -0.1) is 0 Å². The molecular weight excluding hydrogens is 206 g/mol. The summed E-state index contributed by atoms with van der Waals surface area (Å²) >= 11 is 0. The molecule has 0 bridgehead atoms. The van der Waals surface area contributed by atoms with E-state index in [4.69, 9.17) is 4.98 Å².